The molecule has 0 radical (unpaired) electrons. The fourth-order valence-corrected chi connectivity index (χ4v) is 4.94. The number of aromatic nitrogens is 2. The number of nitrogens with two attached hydrogens (primary N) is 1. The van der Waals surface area contributed by atoms with E-state index in [0.29, 0.717) is 17.0 Å². The molecule has 2 aromatic carbocycles. The van der Waals surface area contributed by atoms with Crippen molar-refractivity contribution in [2.45, 2.75) is 37.2 Å². The number of ketones is 1. The van der Waals surface area contributed by atoms with Gasteiger partial charge in [0, 0.05) is 34.7 Å². The number of rotatable bonds is 8. The lowest BCUT2D eigenvalue weighted by molar-refractivity contribution is -0.270. The Balaban J connectivity index is 1.59. The second kappa shape index (κ2) is 10.6. The molecule has 0 fully saturated rings. The maximum atomic E-state index is 15.7. The SMILES string of the molecule is COc1cc(C(=O)CC[C@](O)(c2cc3c(c(-c4ccc(F)cc4)n2)OC[C@]3(F)C(N)=O)C(F)(F)F)cc2cc(C)cnc12. The maximum Gasteiger partial charge on any atom is 0.422 e. The van der Waals surface area contributed by atoms with Gasteiger partial charge >= 0.3 is 6.18 Å². The Morgan fingerprint density at radius 1 is 1.14 bits per heavy atom. The number of aryl methyl sites for hydroxylation is 1. The van der Waals surface area contributed by atoms with Crippen LogP contribution in [0.3, 0.4) is 0 Å². The van der Waals surface area contributed by atoms with Gasteiger partial charge in [-0.05, 0) is 67.4 Å². The number of pyridine rings is 2. The molecule has 0 aliphatic carbocycles. The molecule has 43 heavy (non-hydrogen) atoms. The van der Waals surface area contributed by atoms with E-state index in [1.54, 1.807) is 19.2 Å². The minimum absolute atomic E-state index is 0.0140. The monoisotopic (exact) mass is 601 g/mol. The number of aliphatic hydroxyl groups is 1. The summed E-state index contributed by atoms with van der Waals surface area (Å²) < 4.78 is 83.7. The van der Waals surface area contributed by atoms with Gasteiger partial charge in [-0.25, -0.2) is 13.8 Å². The minimum atomic E-state index is -5.41. The highest BCUT2D eigenvalue weighted by Crippen LogP contribution is 2.49. The second-order valence-electron chi connectivity index (χ2n) is 10.2. The summed E-state index contributed by atoms with van der Waals surface area (Å²) in [6, 6.07) is 9.38. The number of primary amides is 1. The molecule has 2 atom stereocenters. The fraction of sp³-hybridized carbons (Fsp3) is 0.267. The van der Waals surface area contributed by atoms with Crippen LogP contribution in [0.2, 0.25) is 0 Å². The first-order chi connectivity index (χ1) is 20.2. The minimum Gasteiger partial charge on any atom is -0.494 e. The molecule has 1 amide bonds. The quantitative estimate of drug-likeness (QED) is 0.210. The Labute approximate surface area is 241 Å². The Morgan fingerprint density at radius 3 is 2.47 bits per heavy atom. The number of carbonyl (C=O) groups is 2. The van der Waals surface area contributed by atoms with Crippen LogP contribution in [0.1, 0.15) is 40.0 Å². The smallest absolute Gasteiger partial charge is 0.422 e. The van der Waals surface area contributed by atoms with Crippen molar-refractivity contribution in [2.24, 2.45) is 5.73 Å². The van der Waals surface area contributed by atoms with Crippen LogP contribution in [0.25, 0.3) is 22.2 Å². The van der Waals surface area contributed by atoms with Gasteiger partial charge in [-0.3, -0.25) is 14.6 Å². The average Bonchev–Trinajstić information content (AvgIpc) is 3.32. The molecule has 0 saturated heterocycles. The average molecular weight is 602 g/mol. The lowest BCUT2D eigenvalue weighted by atomic mass is 9.86. The second-order valence-corrected chi connectivity index (χ2v) is 10.2. The summed E-state index contributed by atoms with van der Waals surface area (Å²) in [7, 11) is 1.35. The number of halogens is 5. The fourth-order valence-electron chi connectivity index (χ4n) is 4.94. The van der Waals surface area contributed by atoms with Gasteiger partial charge in [-0.15, -0.1) is 0 Å². The molecule has 3 heterocycles. The zero-order valence-corrected chi connectivity index (χ0v) is 22.8. The highest BCUT2D eigenvalue weighted by molar-refractivity contribution is 6.01. The third kappa shape index (κ3) is 5.13. The molecule has 0 unspecified atom stereocenters. The van der Waals surface area contributed by atoms with Crippen molar-refractivity contribution in [3.05, 3.63) is 82.9 Å². The van der Waals surface area contributed by atoms with Crippen molar-refractivity contribution in [3.63, 3.8) is 0 Å². The van der Waals surface area contributed by atoms with Crippen LogP contribution in [0.4, 0.5) is 22.0 Å². The predicted molar refractivity (Wildman–Crippen MR) is 144 cm³/mol. The lowest BCUT2D eigenvalue weighted by Crippen LogP contribution is -2.44. The molecule has 224 valence electrons. The normalized spacial score (nSPS) is 17.7. The molecule has 4 aromatic rings. The first-order valence-electron chi connectivity index (χ1n) is 12.9. The number of ether oxygens (including phenoxy) is 2. The van der Waals surface area contributed by atoms with E-state index in [4.69, 9.17) is 15.2 Å². The summed E-state index contributed by atoms with van der Waals surface area (Å²) in [6.45, 7) is 0.827. The van der Waals surface area contributed by atoms with Crippen molar-refractivity contribution in [3.8, 4) is 22.8 Å². The number of hydrogen-bond donors (Lipinski definition) is 2. The van der Waals surface area contributed by atoms with Gasteiger partial charge < -0.3 is 20.3 Å². The van der Waals surface area contributed by atoms with Crippen LogP contribution in [-0.4, -0.2) is 46.7 Å². The summed E-state index contributed by atoms with van der Waals surface area (Å²) in [5, 5.41) is 11.7. The zero-order chi connectivity index (χ0) is 31.3. The Bertz CT molecular complexity index is 1760. The van der Waals surface area contributed by atoms with Crippen LogP contribution in [0.15, 0.2) is 54.7 Å². The number of hydrogen-bond acceptors (Lipinski definition) is 7. The molecule has 0 saturated carbocycles. The Hall–Kier alpha value is -4.65. The third-order valence-electron chi connectivity index (χ3n) is 7.36. The predicted octanol–water partition coefficient (Wildman–Crippen LogP) is 5.21. The number of fused-ring (bicyclic) bond motifs is 2. The van der Waals surface area contributed by atoms with E-state index in [0.717, 1.165) is 29.8 Å². The standard InChI is InChI=1S/C30H24F5N3O5/c1-15-9-18-10-17(11-22(42-2)24(18)37-13-15)21(39)7-8-29(41,30(33,34)35)23-12-20-26(43-14-28(20,32)27(36)40)25(38-23)16-3-5-19(31)6-4-16/h3-6,9-13,41H,7-8,14H2,1-2H3,(H2,36,40)/t28-,29+/m1/s1. The van der Waals surface area contributed by atoms with Gasteiger partial charge in [0.1, 0.15) is 29.4 Å². The van der Waals surface area contributed by atoms with E-state index < -0.39 is 65.7 Å². The highest BCUT2D eigenvalue weighted by Gasteiger charge is 2.58. The third-order valence-corrected chi connectivity index (χ3v) is 7.36. The van der Waals surface area contributed by atoms with Gasteiger partial charge in [-0.2, -0.15) is 13.2 Å². The molecular weight excluding hydrogens is 577 g/mol. The number of methoxy groups -OCH3 is 1. The van der Waals surface area contributed by atoms with Crippen LogP contribution < -0.4 is 15.2 Å². The zero-order valence-electron chi connectivity index (χ0n) is 22.8. The summed E-state index contributed by atoms with van der Waals surface area (Å²) in [6.07, 6.45) is -5.86. The molecule has 5 rings (SSSR count). The molecule has 8 nitrogen and oxygen atoms in total. The van der Waals surface area contributed by atoms with E-state index >= 15 is 4.39 Å². The summed E-state index contributed by atoms with van der Waals surface area (Å²) in [4.78, 5) is 33.5. The molecule has 13 heteroatoms. The van der Waals surface area contributed by atoms with Crippen LogP contribution in [-0.2, 0) is 16.1 Å². The number of Topliss-reactive ketones (excluding diaryl/α,β-unsaturated/α-hetero) is 1. The van der Waals surface area contributed by atoms with Gasteiger partial charge in [0.25, 0.3) is 11.6 Å². The van der Waals surface area contributed by atoms with Crippen molar-refractivity contribution in [1.82, 2.24) is 9.97 Å². The number of benzene rings is 2. The topological polar surface area (TPSA) is 125 Å². The van der Waals surface area contributed by atoms with Crippen molar-refractivity contribution < 1.29 is 46.1 Å². The Morgan fingerprint density at radius 2 is 1.84 bits per heavy atom. The molecule has 2 aromatic heterocycles. The molecule has 0 spiro atoms. The van der Waals surface area contributed by atoms with E-state index in [2.05, 4.69) is 9.97 Å². The van der Waals surface area contributed by atoms with Crippen LogP contribution in [0.5, 0.6) is 11.5 Å². The number of carbonyl (C=O) groups excluding carboxylic acids is 2. The largest absolute Gasteiger partial charge is 0.494 e. The molecule has 0 bridgehead atoms. The van der Waals surface area contributed by atoms with Gasteiger partial charge in [-0.1, -0.05) is 0 Å². The number of amides is 1. The maximum absolute atomic E-state index is 15.7. The Kier molecular flexibility index (Phi) is 7.33. The molecule has 3 N–H and O–H groups in total. The van der Waals surface area contributed by atoms with Crippen molar-refractivity contribution >= 4 is 22.6 Å². The van der Waals surface area contributed by atoms with Gasteiger partial charge in [0.05, 0.1) is 12.8 Å². The van der Waals surface area contributed by atoms with E-state index in [1.807, 2.05) is 0 Å². The first kappa shape index (κ1) is 29.8. The first-order valence-corrected chi connectivity index (χ1v) is 12.9. The summed E-state index contributed by atoms with van der Waals surface area (Å²) in [5.41, 5.74) is -2.52. The molecule has 1 aliphatic rings. The van der Waals surface area contributed by atoms with Gasteiger partial charge in [0.15, 0.2) is 11.5 Å². The summed E-state index contributed by atoms with van der Waals surface area (Å²) >= 11 is 0. The lowest BCUT2D eigenvalue weighted by Gasteiger charge is -2.31. The van der Waals surface area contributed by atoms with E-state index in [-0.39, 0.29) is 28.3 Å². The van der Waals surface area contributed by atoms with E-state index in [1.165, 1.54) is 19.2 Å². The highest BCUT2D eigenvalue weighted by atomic mass is 19.4. The van der Waals surface area contributed by atoms with Crippen molar-refractivity contribution in [1.29, 1.82) is 0 Å². The molecular formula is C30H24F5N3O5. The summed E-state index contributed by atoms with van der Waals surface area (Å²) in [5.74, 6) is -3.12. The van der Waals surface area contributed by atoms with Gasteiger partial charge in [0.2, 0.25) is 5.60 Å². The van der Waals surface area contributed by atoms with Crippen LogP contribution >= 0.6 is 0 Å². The van der Waals surface area contributed by atoms with E-state index in [9.17, 15) is 32.3 Å². The number of alkyl halides is 4. The molecule has 1 aliphatic heterocycles. The van der Waals surface area contributed by atoms with Crippen LogP contribution in [0, 0.1) is 12.7 Å². The van der Waals surface area contributed by atoms with Crippen molar-refractivity contribution in [2.75, 3.05) is 13.7 Å². The number of nitrogens with zero attached hydrogens (tertiary/aromatic N) is 2.